The van der Waals surface area contributed by atoms with Crippen molar-refractivity contribution in [3.8, 4) is 11.3 Å². The molecule has 7 heteroatoms. The monoisotopic (exact) mass is 534 g/mol. The highest BCUT2D eigenvalue weighted by molar-refractivity contribution is 5.74. The molecule has 2 amide bonds. The Hall–Kier alpha value is -2.41. The van der Waals surface area contributed by atoms with Crippen molar-refractivity contribution in [1.29, 1.82) is 0 Å². The first-order valence-electron chi connectivity index (χ1n) is 15.5. The molecular weight excluding hydrogens is 491 g/mol. The van der Waals surface area contributed by atoms with Crippen molar-refractivity contribution in [2.24, 2.45) is 29.1 Å². The summed E-state index contributed by atoms with van der Waals surface area (Å²) in [6.07, 6.45) is 17.7. The van der Waals surface area contributed by atoms with Crippen molar-refractivity contribution in [3.63, 3.8) is 0 Å². The van der Waals surface area contributed by atoms with E-state index in [0.717, 1.165) is 68.3 Å². The second-order valence-electron chi connectivity index (χ2n) is 13.5. The Balaban J connectivity index is 0.969. The van der Waals surface area contributed by atoms with Gasteiger partial charge in [-0.15, -0.1) is 0 Å². The molecule has 6 aliphatic rings. The summed E-state index contributed by atoms with van der Waals surface area (Å²) in [5.74, 6) is 2.57. The van der Waals surface area contributed by atoms with Gasteiger partial charge in [-0.2, -0.15) is 0 Å². The molecule has 0 saturated heterocycles. The van der Waals surface area contributed by atoms with Crippen LogP contribution in [0.4, 0.5) is 9.18 Å². The molecule has 2 heterocycles. The van der Waals surface area contributed by atoms with Crippen LogP contribution in [0.25, 0.3) is 11.3 Å². The van der Waals surface area contributed by atoms with Crippen LogP contribution >= 0.6 is 0 Å². The number of benzene rings is 1. The minimum absolute atomic E-state index is 0.0000284. The van der Waals surface area contributed by atoms with Crippen molar-refractivity contribution in [1.82, 2.24) is 20.2 Å². The minimum Gasteiger partial charge on any atom is -0.392 e. The van der Waals surface area contributed by atoms with Gasteiger partial charge in [-0.3, -0.25) is 0 Å². The summed E-state index contributed by atoms with van der Waals surface area (Å²) in [4.78, 5) is 16.7. The van der Waals surface area contributed by atoms with Gasteiger partial charge in [-0.05, 0) is 99.4 Å². The Bertz CT molecular complexity index is 1190. The molecular formula is C32H43FN4O2. The van der Waals surface area contributed by atoms with Crippen LogP contribution in [-0.4, -0.2) is 39.4 Å². The van der Waals surface area contributed by atoms with Gasteiger partial charge in [0.2, 0.25) is 0 Å². The van der Waals surface area contributed by atoms with Gasteiger partial charge in [0.25, 0.3) is 0 Å². The summed E-state index contributed by atoms with van der Waals surface area (Å²) in [5.41, 5.74) is 2.54. The number of halogens is 1. The average molecular weight is 535 g/mol. The van der Waals surface area contributed by atoms with Gasteiger partial charge in [0.1, 0.15) is 5.82 Å². The first kappa shape index (κ1) is 25.6. The summed E-state index contributed by atoms with van der Waals surface area (Å²) in [6.45, 7) is 0.742. The molecule has 5 aliphatic carbocycles. The van der Waals surface area contributed by atoms with E-state index in [2.05, 4.69) is 20.2 Å². The number of aliphatic hydroxyl groups is 1. The van der Waals surface area contributed by atoms with Crippen LogP contribution in [0.2, 0.25) is 0 Å². The molecule has 3 N–H and O–H groups in total. The number of hydrogen-bond acceptors (Lipinski definition) is 3. The number of hydrogen-bond donors (Lipinski definition) is 3. The first-order valence-corrected chi connectivity index (χ1v) is 15.5. The van der Waals surface area contributed by atoms with E-state index in [-0.39, 0.29) is 23.3 Å². The first-order chi connectivity index (χ1) is 19.0. The fourth-order valence-electron chi connectivity index (χ4n) is 9.79. The number of nitrogens with one attached hydrogen (secondary N) is 2. The predicted molar refractivity (Wildman–Crippen MR) is 149 cm³/mol. The largest absolute Gasteiger partial charge is 0.392 e. The Morgan fingerprint density at radius 2 is 1.95 bits per heavy atom. The van der Waals surface area contributed by atoms with Crippen LogP contribution in [0.1, 0.15) is 95.1 Å². The third-order valence-corrected chi connectivity index (χ3v) is 11.3. The third-order valence-electron chi connectivity index (χ3n) is 11.3. The molecule has 39 heavy (non-hydrogen) atoms. The second kappa shape index (κ2) is 10.2. The number of carbonyl (C=O) groups is 1. The molecule has 0 spiro atoms. The van der Waals surface area contributed by atoms with Crippen molar-refractivity contribution in [2.45, 2.75) is 102 Å². The molecule has 4 unspecified atom stereocenters. The third kappa shape index (κ3) is 4.58. The van der Waals surface area contributed by atoms with Gasteiger partial charge in [-0.1, -0.05) is 31.4 Å². The molecule has 2 aromatic rings. The minimum atomic E-state index is -0.442. The van der Waals surface area contributed by atoms with Gasteiger partial charge in [0.05, 0.1) is 30.4 Å². The summed E-state index contributed by atoms with van der Waals surface area (Å²) < 4.78 is 17.1. The number of aliphatic hydroxyl groups excluding tert-OH is 1. The SMILES string of the molecule is O=C(NCCCC1C2CC3CC1CC(C(O)CC1c4c(F)cccc4-c4cncn41)(C3)C2)NC1CCCCC1. The summed E-state index contributed by atoms with van der Waals surface area (Å²) >= 11 is 0. The van der Waals surface area contributed by atoms with Crippen LogP contribution in [0.15, 0.2) is 30.7 Å². The van der Waals surface area contributed by atoms with E-state index in [1.807, 2.05) is 12.3 Å². The van der Waals surface area contributed by atoms with E-state index in [1.54, 1.807) is 18.5 Å². The van der Waals surface area contributed by atoms with E-state index < -0.39 is 6.10 Å². The Labute approximate surface area is 231 Å². The van der Waals surface area contributed by atoms with Gasteiger partial charge in [0.15, 0.2) is 0 Å². The van der Waals surface area contributed by atoms with Crippen LogP contribution in [-0.2, 0) is 0 Å². The van der Waals surface area contributed by atoms with Crippen LogP contribution < -0.4 is 10.6 Å². The smallest absolute Gasteiger partial charge is 0.315 e. The fourth-order valence-corrected chi connectivity index (χ4v) is 9.79. The van der Waals surface area contributed by atoms with Crippen molar-refractivity contribution in [3.05, 3.63) is 42.1 Å². The molecule has 1 aliphatic heterocycles. The number of urea groups is 1. The van der Waals surface area contributed by atoms with Crippen LogP contribution in [0, 0.1) is 34.9 Å². The summed E-state index contributed by atoms with van der Waals surface area (Å²) in [7, 11) is 0. The zero-order valence-corrected chi connectivity index (χ0v) is 23.0. The molecule has 4 bridgehead atoms. The molecule has 1 aromatic heterocycles. The van der Waals surface area contributed by atoms with E-state index in [4.69, 9.17) is 0 Å². The topological polar surface area (TPSA) is 79.2 Å². The average Bonchev–Trinajstić information content (AvgIpc) is 3.51. The number of aromatic nitrogens is 2. The molecule has 4 atom stereocenters. The predicted octanol–water partition coefficient (Wildman–Crippen LogP) is 6.20. The highest BCUT2D eigenvalue weighted by Gasteiger charge is 2.57. The highest BCUT2D eigenvalue weighted by Crippen LogP contribution is 2.65. The lowest BCUT2D eigenvalue weighted by Gasteiger charge is -2.62. The molecule has 8 rings (SSSR count). The Morgan fingerprint density at radius 1 is 1.15 bits per heavy atom. The van der Waals surface area contributed by atoms with E-state index in [0.29, 0.717) is 36.1 Å². The van der Waals surface area contributed by atoms with Crippen molar-refractivity contribution < 1.29 is 14.3 Å². The highest BCUT2D eigenvalue weighted by atomic mass is 19.1. The normalized spacial score (nSPS) is 33.5. The van der Waals surface area contributed by atoms with Gasteiger partial charge in [0, 0.05) is 23.7 Å². The fraction of sp³-hybridized carbons (Fsp3) is 0.688. The Kier molecular flexibility index (Phi) is 6.69. The van der Waals surface area contributed by atoms with Crippen molar-refractivity contribution >= 4 is 6.03 Å². The number of imidazole rings is 1. The Morgan fingerprint density at radius 3 is 2.74 bits per heavy atom. The number of nitrogens with zero attached hydrogens (tertiary/aromatic N) is 2. The maximum absolute atomic E-state index is 15.0. The number of carbonyl (C=O) groups excluding carboxylic acids is 1. The summed E-state index contributed by atoms with van der Waals surface area (Å²) in [5, 5.41) is 18.1. The number of amides is 2. The molecule has 0 radical (unpaired) electrons. The van der Waals surface area contributed by atoms with Crippen LogP contribution in [0.5, 0.6) is 0 Å². The van der Waals surface area contributed by atoms with E-state index >= 15 is 4.39 Å². The van der Waals surface area contributed by atoms with Crippen LogP contribution in [0.3, 0.4) is 0 Å². The number of rotatable bonds is 8. The van der Waals surface area contributed by atoms with Gasteiger partial charge < -0.3 is 20.3 Å². The number of fused-ring (bicyclic) bond motifs is 3. The van der Waals surface area contributed by atoms with E-state index in [1.165, 1.54) is 32.1 Å². The van der Waals surface area contributed by atoms with Gasteiger partial charge >= 0.3 is 6.03 Å². The molecule has 6 nitrogen and oxygen atoms in total. The van der Waals surface area contributed by atoms with E-state index in [9.17, 15) is 9.90 Å². The lowest BCUT2D eigenvalue weighted by molar-refractivity contribution is -0.151. The summed E-state index contributed by atoms with van der Waals surface area (Å²) in [6, 6.07) is 5.44. The lowest BCUT2D eigenvalue weighted by atomic mass is 9.44. The second-order valence-corrected chi connectivity index (χ2v) is 13.5. The lowest BCUT2D eigenvalue weighted by Crippen LogP contribution is -2.55. The van der Waals surface area contributed by atoms with Crippen molar-refractivity contribution in [2.75, 3.05) is 6.54 Å². The quantitative estimate of drug-likeness (QED) is 0.353. The molecule has 5 saturated carbocycles. The zero-order valence-electron chi connectivity index (χ0n) is 23.0. The maximum Gasteiger partial charge on any atom is 0.315 e. The molecule has 5 fully saturated rings. The molecule has 210 valence electrons. The molecule has 1 aromatic carbocycles. The van der Waals surface area contributed by atoms with Gasteiger partial charge in [-0.25, -0.2) is 14.2 Å². The zero-order chi connectivity index (χ0) is 26.6. The standard InChI is InChI=1S/C32H43FN4O2/c33-26-10-4-8-25-28-18-34-19-37(28)27(30(25)26)14-29(38)32-15-20-12-21(16-32)24(22(13-20)17-32)9-5-11-35-31(39)36-23-6-2-1-3-7-23/h4,8,10,18-24,27,29,38H,1-3,5-7,9,11-17H2,(H2,35,36,39). The maximum atomic E-state index is 15.0.